The maximum atomic E-state index is 14.0. The Kier molecular flexibility index (Phi) is 3.98. The molecule has 3 saturated heterocycles. The van der Waals surface area contributed by atoms with E-state index in [1.807, 2.05) is 23.1 Å². The summed E-state index contributed by atoms with van der Waals surface area (Å²) in [4.78, 5) is 55.1. The molecule has 4 aliphatic rings. The van der Waals surface area contributed by atoms with Crippen LogP contribution < -0.4 is 15.0 Å². The largest absolute Gasteiger partial charge is 0.495 e. The van der Waals surface area contributed by atoms with Crippen LogP contribution in [0.15, 0.2) is 42.5 Å². The van der Waals surface area contributed by atoms with Gasteiger partial charge in [-0.1, -0.05) is 18.2 Å². The minimum Gasteiger partial charge on any atom is -0.495 e. The standard InChI is InChI=1S/C23H20N4O6/c1-33-17-9-8-12(27(31)32)11-16(17)26-20(28)18-15-7-4-10-25(15)23(19(18)21(26)29)13-5-2-3-6-14(13)24-22(23)30/h2-3,5-6,8-9,11,15,18-19H,4,7,10H2,1H3,(H,24,30)/t15-,18+,19+,23-/m1/s1. The molecule has 0 bridgehead atoms. The molecule has 1 spiro atoms. The van der Waals surface area contributed by atoms with E-state index in [9.17, 15) is 24.5 Å². The van der Waals surface area contributed by atoms with Gasteiger partial charge in [0, 0.05) is 29.4 Å². The van der Waals surface area contributed by atoms with Crippen molar-refractivity contribution in [2.24, 2.45) is 11.8 Å². The van der Waals surface area contributed by atoms with Crippen LogP contribution in [0.5, 0.6) is 5.75 Å². The average Bonchev–Trinajstić information content (AvgIpc) is 3.51. The highest BCUT2D eigenvalue weighted by Gasteiger charge is 2.74. The van der Waals surface area contributed by atoms with Gasteiger partial charge < -0.3 is 10.1 Å². The monoisotopic (exact) mass is 448 g/mol. The molecule has 3 amide bonds. The molecule has 33 heavy (non-hydrogen) atoms. The van der Waals surface area contributed by atoms with E-state index in [0.29, 0.717) is 24.2 Å². The number of nitro groups is 1. The lowest BCUT2D eigenvalue weighted by atomic mass is 9.75. The van der Waals surface area contributed by atoms with Crippen LogP contribution in [0.4, 0.5) is 17.1 Å². The van der Waals surface area contributed by atoms with Crippen LogP contribution in [0.25, 0.3) is 0 Å². The van der Waals surface area contributed by atoms with Gasteiger partial charge in [-0.05, 0) is 31.5 Å². The summed E-state index contributed by atoms with van der Waals surface area (Å²) in [5, 5.41) is 14.3. The summed E-state index contributed by atoms with van der Waals surface area (Å²) in [6.07, 6.45) is 1.50. The maximum Gasteiger partial charge on any atom is 0.271 e. The molecule has 4 aliphatic heterocycles. The molecule has 0 unspecified atom stereocenters. The highest BCUT2D eigenvalue weighted by molar-refractivity contribution is 6.26. The van der Waals surface area contributed by atoms with E-state index in [1.54, 1.807) is 6.07 Å². The van der Waals surface area contributed by atoms with E-state index in [-0.39, 0.29) is 29.1 Å². The number of nitrogens with zero attached hydrogens (tertiary/aromatic N) is 3. The molecule has 4 heterocycles. The van der Waals surface area contributed by atoms with Gasteiger partial charge in [-0.25, -0.2) is 4.90 Å². The summed E-state index contributed by atoms with van der Waals surface area (Å²) in [6, 6.07) is 10.8. The molecule has 4 atom stereocenters. The summed E-state index contributed by atoms with van der Waals surface area (Å²) < 4.78 is 5.33. The zero-order chi connectivity index (χ0) is 23.1. The number of fused-ring (bicyclic) bond motifs is 7. The summed E-state index contributed by atoms with van der Waals surface area (Å²) in [5.74, 6) is -2.77. The third kappa shape index (κ3) is 2.28. The number of hydrogen-bond acceptors (Lipinski definition) is 7. The quantitative estimate of drug-likeness (QED) is 0.433. The van der Waals surface area contributed by atoms with Gasteiger partial charge in [-0.15, -0.1) is 0 Å². The predicted molar refractivity (Wildman–Crippen MR) is 116 cm³/mol. The number of benzene rings is 2. The minimum atomic E-state index is -1.28. The molecule has 2 aromatic rings. The molecule has 6 rings (SSSR count). The number of carbonyl (C=O) groups excluding carboxylic acids is 3. The summed E-state index contributed by atoms with van der Waals surface area (Å²) in [7, 11) is 1.37. The fourth-order valence-electron chi connectivity index (χ4n) is 6.36. The molecule has 168 valence electrons. The van der Waals surface area contributed by atoms with Gasteiger partial charge in [0.25, 0.3) is 5.69 Å². The second kappa shape index (κ2) is 6.61. The first kappa shape index (κ1) is 19.9. The molecular formula is C23H20N4O6. The van der Waals surface area contributed by atoms with Crippen LogP contribution in [-0.2, 0) is 19.9 Å². The SMILES string of the molecule is COc1ccc([N+](=O)[O-])cc1N1C(=O)[C@H]2[C@H]3CCCN3[C@@]3(C(=O)Nc4ccccc43)[C@@H]2C1=O. The Hall–Kier alpha value is -3.79. The fraction of sp³-hybridized carbons (Fsp3) is 0.348. The minimum absolute atomic E-state index is 0.0301. The van der Waals surface area contributed by atoms with Gasteiger partial charge >= 0.3 is 0 Å². The normalized spacial score (nSPS) is 29.9. The maximum absolute atomic E-state index is 14.0. The van der Waals surface area contributed by atoms with E-state index in [0.717, 1.165) is 11.3 Å². The van der Waals surface area contributed by atoms with Crippen LogP contribution in [0.2, 0.25) is 0 Å². The first-order valence-corrected chi connectivity index (χ1v) is 10.8. The van der Waals surface area contributed by atoms with Crippen LogP contribution in [0, 0.1) is 22.0 Å². The van der Waals surface area contributed by atoms with Gasteiger partial charge in [-0.3, -0.25) is 29.4 Å². The van der Waals surface area contributed by atoms with E-state index >= 15 is 0 Å². The third-order valence-corrected chi connectivity index (χ3v) is 7.51. The number of para-hydroxylation sites is 1. The number of ether oxygens (including phenoxy) is 1. The molecule has 10 nitrogen and oxygen atoms in total. The van der Waals surface area contributed by atoms with Gasteiger partial charge in [-0.2, -0.15) is 0 Å². The second-order valence-electron chi connectivity index (χ2n) is 8.80. The van der Waals surface area contributed by atoms with Crippen molar-refractivity contribution in [1.29, 1.82) is 0 Å². The highest BCUT2D eigenvalue weighted by Crippen LogP contribution is 2.61. The van der Waals surface area contributed by atoms with Crippen LogP contribution >= 0.6 is 0 Å². The Labute approximate surface area is 188 Å². The number of rotatable bonds is 3. The van der Waals surface area contributed by atoms with Crippen LogP contribution in [0.3, 0.4) is 0 Å². The number of methoxy groups -OCH3 is 1. The van der Waals surface area contributed by atoms with Crippen molar-refractivity contribution >= 4 is 34.8 Å². The third-order valence-electron chi connectivity index (χ3n) is 7.51. The van der Waals surface area contributed by atoms with E-state index in [2.05, 4.69) is 5.32 Å². The fourth-order valence-corrected chi connectivity index (χ4v) is 6.36. The molecular weight excluding hydrogens is 428 g/mol. The summed E-state index contributed by atoms with van der Waals surface area (Å²) in [5.41, 5.74) is -0.173. The van der Waals surface area contributed by atoms with Crippen molar-refractivity contribution in [2.75, 3.05) is 23.9 Å². The smallest absolute Gasteiger partial charge is 0.271 e. The second-order valence-corrected chi connectivity index (χ2v) is 8.80. The van der Waals surface area contributed by atoms with E-state index in [1.165, 1.54) is 25.3 Å². The lowest BCUT2D eigenvalue weighted by molar-refractivity contribution is -0.384. The van der Waals surface area contributed by atoms with E-state index < -0.39 is 34.1 Å². The topological polar surface area (TPSA) is 122 Å². The van der Waals surface area contributed by atoms with E-state index in [4.69, 9.17) is 4.74 Å². The highest BCUT2D eigenvalue weighted by atomic mass is 16.6. The first-order valence-electron chi connectivity index (χ1n) is 10.8. The van der Waals surface area contributed by atoms with Gasteiger partial charge in [0.05, 0.1) is 23.9 Å². The van der Waals surface area contributed by atoms with Crippen molar-refractivity contribution < 1.29 is 24.0 Å². The molecule has 1 N–H and O–H groups in total. The molecule has 10 heteroatoms. The Morgan fingerprint density at radius 1 is 1.15 bits per heavy atom. The number of nitro benzene ring substituents is 1. The summed E-state index contributed by atoms with van der Waals surface area (Å²) in [6.45, 7) is 0.611. The molecule has 0 aliphatic carbocycles. The van der Waals surface area contributed by atoms with Crippen LogP contribution in [0.1, 0.15) is 18.4 Å². The number of non-ortho nitro benzene ring substituents is 1. The Balaban J connectivity index is 1.55. The lowest BCUT2D eigenvalue weighted by Gasteiger charge is -2.36. The van der Waals surface area contributed by atoms with Crippen molar-refractivity contribution in [3.63, 3.8) is 0 Å². The van der Waals surface area contributed by atoms with Gasteiger partial charge in [0.1, 0.15) is 17.0 Å². The molecule has 0 radical (unpaired) electrons. The van der Waals surface area contributed by atoms with Crippen molar-refractivity contribution in [2.45, 2.75) is 24.4 Å². The Bertz CT molecular complexity index is 1260. The number of imide groups is 1. The number of amides is 3. The first-order chi connectivity index (χ1) is 15.9. The number of nitrogens with one attached hydrogen (secondary N) is 1. The van der Waals surface area contributed by atoms with Crippen molar-refractivity contribution in [3.05, 3.63) is 58.1 Å². The summed E-state index contributed by atoms with van der Waals surface area (Å²) >= 11 is 0. The lowest BCUT2D eigenvalue weighted by Crippen LogP contribution is -2.54. The Morgan fingerprint density at radius 2 is 1.94 bits per heavy atom. The number of carbonyl (C=O) groups is 3. The Morgan fingerprint density at radius 3 is 2.70 bits per heavy atom. The molecule has 3 fully saturated rings. The van der Waals surface area contributed by atoms with Gasteiger partial charge in [0.15, 0.2) is 0 Å². The molecule has 0 aromatic heterocycles. The van der Waals surface area contributed by atoms with Crippen molar-refractivity contribution in [1.82, 2.24) is 4.90 Å². The zero-order valence-corrected chi connectivity index (χ0v) is 17.7. The van der Waals surface area contributed by atoms with Crippen LogP contribution in [-0.4, -0.2) is 47.2 Å². The predicted octanol–water partition coefficient (Wildman–Crippen LogP) is 2.03. The average molecular weight is 448 g/mol. The van der Waals surface area contributed by atoms with Gasteiger partial charge in [0.2, 0.25) is 17.7 Å². The zero-order valence-electron chi connectivity index (χ0n) is 17.7. The molecule has 2 aromatic carbocycles. The van der Waals surface area contributed by atoms with Crippen molar-refractivity contribution in [3.8, 4) is 5.75 Å². The number of anilines is 2. The number of hydrogen-bond donors (Lipinski definition) is 1. The molecule has 0 saturated carbocycles.